The molecule has 130 valence electrons. The quantitative estimate of drug-likeness (QED) is 0.368. The predicted molar refractivity (Wildman–Crippen MR) is 93.1 cm³/mol. The van der Waals surface area contributed by atoms with Crippen LogP contribution >= 0.6 is 0 Å². The molecular formula is C17H11N3O6. The van der Waals surface area contributed by atoms with Gasteiger partial charge in [-0.2, -0.15) is 0 Å². The van der Waals surface area contributed by atoms with E-state index in [0.29, 0.717) is 33.3 Å². The second kappa shape index (κ2) is 4.88. The fraction of sp³-hybridized carbons (Fsp3) is 0.118. The minimum Gasteiger partial charge on any atom is -0.495 e. The smallest absolute Gasteiger partial charge is 0.345 e. The molecule has 5 aromatic rings. The van der Waals surface area contributed by atoms with Crippen LogP contribution in [0.4, 0.5) is 0 Å². The van der Waals surface area contributed by atoms with Crippen LogP contribution in [0.15, 0.2) is 36.8 Å². The molecule has 0 saturated heterocycles. The van der Waals surface area contributed by atoms with E-state index in [4.69, 9.17) is 18.3 Å². The first-order valence-electron chi connectivity index (χ1n) is 7.63. The summed E-state index contributed by atoms with van der Waals surface area (Å²) in [5.41, 5.74) is 0.196. The standard InChI is InChI=1S/C17H11N3O6/c1-23-11-6-3-4-25-12(6)14(24-2)13-9(11)10-7(17(22)26-13)5-8-15(18-10)19-20-16(8)21/h3-5H,1-2H3,(H2,18,19,20,21). The summed E-state index contributed by atoms with van der Waals surface area (Å²) in [7, 11) is 2.95. The normalized spacial score (nSPS) is 11.8. The van der Waals surface area contributed by atoms with Gasteiger partial charge >= 0.3 is 5.63 Å². The Bertz CT molecular complexity index is 1450. The fourth-order valence-electron chi connectivity index (χ4n) is 3.29. The minimum atomic E-state index is -0.645. The molecule has 4 aromatic heterocycles. The van der Waals surface area contributed by atoms with Gasteiger partial charge in [0.05, 0.1) is 47.5 Å². The summed E-state index contributed by atoms with van der Waals surface area (Å²) >= 11 is 0. The number of furan rings is 1. The largest absolute Gasteiger partial charge is 0.495 e. The topological polar surface area (TPSA) is 123 Å². The molecule has 2 N–H and O–H groups in total. The lowest BCUT2D eigenvalue weighted by molar-refractivity contribution is 0.399. The monoisotopic (exact) mass is 353 g/mol. The van der Waals surface area contributed by atoms with Gasteiger partial charge in [-0.1, -0.05) is 0 Å². The van der Waals surface area contributed by atoms with Crippen LogP contribution in [-0.2, 0) is 0 Å². The number of aromatic amines is 2. The van der Waals surface area contributed by atoms with Crippen LogP contribution in [0.2, 0.25) is 0 Å². The Kier molecular flexibility index (Phi) is 2.74. The number of pyridine rings is 1. The van der Waals surface area contributed by atoms with E-state index in [2.05, 4.69) is 15.2 Å². The molecule has 0 bridgehead atoms. The van der Waals surface area contributed by atoms with E-state index in [1.54, 1.807) is 6.07 Å². The van der Waals surface area contributed by atoms with Gasteiger partial charge in [0.2, 0.25) is 5.75 Å². The van der Waals surface area contributed by atoms with E-state index in [1.807, 2.05) is 0 Å². The Morgan fingerprint density at radius 2 is 1.81 bits per heavy atom. The fourth-order valence-corrected chi connectivity index (χ4v) is 3.29. The number of nitrogens with zero attached hydrogens (tertiary/aromatic N) is 1. The van der Waals surface area contributed by atoms with Crippen LogP contribution in [0.1, 0.15) is 0 Å². The molecule has 1 aromatic carbocycles. The van der Waals surface area contributed by atoms with Crippen molar-refractivity contribution in [2.45, 2.75) is 0 Å². The van der Waals surface area contributed by atoms with Crippen molar-refractivity contribution < 1.29 is 18.3 Å². The molecule has 0 amide bonds. The van der Waals surface area contributed by atoms with E-state index in [9.17, 15) is 9.59 Å². The molecule has 26 heavy (non-hydrogen) atoms. The van der Waals surface area contributed by atoms with Gasteiger partial charge in [-0.3, -0.25) is 15.0 Å². The molecule has 0 spiro atoms. The van der Waals surface area contributed by atoms with E-state index >= 15 is 0 Å². The van der Waals surface area contributed by atoms with E-state index in [1.165, 1.54) is 26.5 Å². The molecule has 0 saturated carbocycles. The number of rotatable bonds is 2. The summed E-state index contributed by atoms with van der Waals surface area (Å²) in [6.07, 6.45) is 1.49. The number of methoxy groups -OCH3 is 2. The molecular weight excluding hydrogens is 342 g/mol. The Balaban J connectivity index is 2.16. The Morgan fingerprint density at radius 1 is 1.00 bits per heavy atom. The molecule has 0 aliphatic rings. The SMILES string of the molecule is COc1c2occc2c(OC)c2c1oc(=O)c1cc3c(=O)[nH][nH]c3nc12. The summed E-state index contributed by atoms with van der Waals surface area (Å²) < 4.78 is 22.0. The molecule has 5 rings (SSSR count). The van der Waals surface area contributed by atoms with Gasteiger partial charge in [0, 0.05) is 0 Å². The second-order valence-corrected chi connectivity index (χ2v) is 5.68. The maximum absolute atomic E-state index is 12.6. The highest BCUT2D eigenvalue weighted by Gasteiger charge is 2.24. The lowest BCUT2D eigenvalue weighted by Gasteiger charge is -2.11. The second-order valence-electron chi connectivity index (χ2n) is 5.68. The van der Waals surface area contributed by atoms with Crippen molar-refractivity contribution >= 4 is 43.9 Å². The number of nitrogens with one attached hydrogen (secondary N) is 2. The number of hydrogen-bond acceptors (Lipinski definition) is 7. The van der Waals surface area contributed by atoms with Crippen LogP contribution < -0.4 is 20.7 Å². The first-order valence-corrected chi connectivity index (χ1v) is 7.63. The molecule has 0 atom stereocenters. The molecule has 9 heteroatoms. The summed E-state index contributed by atoms with van der Waals surface area (Å²) in [6.45, 7) is 0. The van der Waals surface area contributed by atoms with Gasteiger partial charge in [0.15, 0.2) is 16.8 Å². The average Bonchev–Trinajstić information content (AvgIpc) is 3.26. The van der Waals surface area contributed by atoms with Crippen molar-refractivity contribution in [1.82, 2.24) is 15.2 Å². The average molecular weight is 353 g/mol. The van der Waals surface area contributed by atoms with Crippen LogP contribution in [0.3, 0.4) is 0 Å². The Labute approximate surface area is 143 Å². The molecule has 9 nitrogen and oxygen atoms in total. The molecule has 0 unspecified atom stereocenters. The summed E-state index contributed by atoms with van der Waals surface area (Å²) in [5, 5.41) is 6.67. The Hall–Kier alpha value is -3.75. The first-order chi connectivity index (χ1) is 12.6. The van der Waals surface area contributed by atoms with Gasteiger partial charge in [0.25, 0.3) is 5.56 Å². The highest BCUT2D eigenvalue weighted by atomic mass is 16.5. The number of benzene rings is 1. The minimum absolute atomic E-state index is 0.161. The summed E-state index contributed by atoms with van der Waals surface area (Å²) in [4.78, 5) is 28.8. The highest BCUT2D eigenvalue weighted by molar-refractivity contribution is 6.16. The van der Waals surface area contributed by atoms with Crippen LogP contribution in [0.5, 0.6) is 11.5 Å². The molecule has 0 fully saturated rings. The molecule has 0 aliphatic carbocycles. The number of aromatic nitrogens is 3. The lowest BCUT2D eigenvalue weighted by Crippen LogP contribution is -2.05. The summed E-state index contributed by atoms with van der Waals surface area (Å²) in [5.74, 6) is 0.701. The number of hydrogen-bond donors (Lipinski definition) is 2. The zero-order valence-corrected chi connectivity index (χ0v) is 13.6. The van der Waals surface area contributed by atoms with Crippen molar-refractivity contribution in [2.75, 3.05) is 14.2 Å². The van der Waals surface area contributed by atoms with Crippen LogP contribution in [0.25, 0.3) is 43.9 Å². The van der Waals surface area contributed by atoms with Crippen molar-refractivity contribution in [3.8, 4) is 11.5 Å². The maximum atomic E-state index is 12.6. The van der Waals surface area contributed by atoms with Crippen molar-refractivity contribution in [1.29, 1.82) is 0 Å². The van der Waals surface area contributed by atoms with Gasteiger partial charge in [-0.25, -0.2) is 9.78 Å². The van der Waals surface area contributed by atoms with E-state index in [-0.39, 0.29) is 27.7 Å². The van der Waals surface area contributed by atoms with Gasteiger partial charge in [-0.05, 0) is 12.1 Å². The summed E-state index contributed by atoms with van der Waals surface area (Å²) in [6, 6.07) is 3.17. The first kappa shape index (κ1) is 14.6. The molecule has 4 heterocycles. The van der Waals surface area contributed by atoms with Gasteiger partial charge < -0.3 is 18.3 Å². The van der Waals surface area contributed by atoms with Crippen LogP contribution in [0, 0.1) is 0 Å². The maximum Gasteiger partial charge on any atom is 0.345 e. The predicted octanol–water partition coefficient (Wildman–Crippen LogP) is 2.27. The third kappa shape index (κ3) is 1.66. The third-order valence-electron chi connectivity index (χ3n) is 4.40. The number of H-pyrrole nitrogens is 2. The zero-order valence-electron chi connectivity index (χ0n) is 13.6. The zero-order chi connectivity index (χ0) is 18.0. The number of ether oxygens (including phenoxy) is 2. The van der Waals surface area contributed by atoms with Crippen molar-refractivity contribution in [2.24, 2.45) is 0 Å². The third-order valence-corrected chi connectivity index (χ3v) is 4.40. The highest BCUT2D eigenvalue weighted by Crippen LogP contribution is 2.44. The van der Waals surface area contributed by atoms with Gasteiger partial charge in [-0.15, -0.1) is 0 Å². The number of fused-ring (bicyclic) bond motifs is 5. The Morgan fingerprint density at radius 3 is 2.58 bits per heavy atom. The van der Waals surface area contributed by atoms with Crippen molar-refractivity contribution in [3.63, 3.8) is 0 Å². The van der Waals surface area contributed by atoms with E-state index < -0.39 is 5.63 Å². The molecule has 0 radical (unpaired) electrons. The van der Waals surface area contributed by atoms with Crippen LogP contribution in [-0.4, -0.2) is 29.4 Å². The van der Waals surface area contributed by atoms with E-state index in [0.717, 1.165) is 0 Å². The lowest BCUT2D eigenvalue weighted by atomic mass is 10.1. The molecule has 0 aliphatic heterocycles. The van der Waals surface area contributed by atoms with Gasteiger partial charge in [0.1, 0.15) is 5.75 Å². The van der Waals surface area contributed by atoms with Crippen molar-refractivity contribution in [3.05, 3.63) is 39.2 Å².